The Labute approximate surface area is 193 Å². The molecule has 1 atom stereocenters. The summed E-state index contributed by atoms with van der Waals surface area (Å²) in [7, 11) is 1.82. The molecule has 0 spiro atoms. The number of carbonyl (C=O) groups is 1. The van der Waals surface area contributed by atoms with Crippen molar-refractivity contribution in [2.75, 3.05) is 13.6 Å². The van der Waals surface area contributed by atoms with Crippen LogP contribution in [0.25, 0.3) is 5.65 Å². The Hall–Kier alpha value is -3.51. The highest BCUT2D eigenvalue weighted by Gasteiger charge is 2.30. The average molecular weight is 443 g/mol. The number of aromatic nitrogens is 2. The Morgan fingerprint density at radius 2 is 1.82 bits per heavy atom. The first-order chi connectivity index (χ1) is 16.1. The minimum atomic E-state index is -0.223. The Morgan fingerprint density at radius 1 is 1.06 bits per heavy atom. The van der Waals surface area contributed by atoms with Crippen LogP contribution < -0.4 is 0 Å². The lowest BCUT2D eigenvalue weighted by molar-refractivity contribution is 0.0777. The summed E-state index contributed by atoms with van der Waals surface area (Å²) in [5.74, 6) is -0.311. The molecular formula is C27H27FN4O. The molecule has 0 saturated carbocycles. The van der Waals surface area contributed by atoms with Crippen molar-refractivity contribution in [3.63, 3.8) is 0 Å². The predicted octanol–water partition coefficient (Wildman–Crippen LogP) is 5.08. The maximum atomic E-state index is 13.5. The van der Waals surface area contributed by atoms with Crippen LogP contribution >= 0.6 is 0 Å². The van der Waals surface area contributed by atoms with Crippen molar-refractivity contribution < 1.29 is 9.18 Å². The number of fused-ring (bicyclic) bond motifs is 1. The molecule has 1 aliphatic rings. The van der Waals surface area contributed by atoms with E-state index in [1.54, 1.807) is 4.90 Å². The molecule has 1 saturated heterocycles. The molecule has 5 nitrogen and oxygen atoms in total. The summed E-state index contributed by atoms with van der Waals surface area (Å²) in [6, 6.07) is 22.8. The molecule has 3 heterocycles. The summed E-state index contributed by atoms with van der Waals surface area (Å²) in [5, 5.41) is 0. The van der Waals surface area contributed by atoms with Gasteiger partial charge in [-0.2, -0.15) is 0 Å². The van der Waals surface area contributed by atoms with Gasteiger partial charge in [0.1, 0.15) is 11.5 Å². The van der Waals surface area contributed by atoms with E-state index in [4.69, 9.17) is 4.98 Å². The summed E-state index contributed by atoms with van der Waals surface area (Å²) in [5.41, 5.74) is 4.33. The van der Waals surface area contributed by atoms with Gasteiger partial charge < -0.3 is 9.30 Å². The Morgan fingerprint density at radius 3 is 2.61 bits per heavy atom. The first-order valence-corrected chi connectivity index (χ1v) is 11.3. The lowest BCUT2D eigenvalue weighted by Crippen LogP contribution is -2.29. The van der Waals surface area contributed by atoms with Gasteiger partial charge >= 0.3 is 0 Å². The second-order valence-electron chi connectivity index (χ2n) is 8.66. The van der Waals surface area contributed by atoms with Gasteiger partial charge in [0.05, 0.1) is 5.69 Å². The van der Waals surface area contributed by atoms with Crippen molar-refractivity contribution in [1.82, 2.24) is 19.2 Å². The zero-order valence-corrected chi connectivity index (χ0v) is 18.7. The van der Waals surface area contributed by atoms with Crippen molar-refractivity contribution in [3.8, 4) is 0 Å². The SMILES string of the molecule is CN(Cc1ccccc1)C(=O)c1nc2ccccn2c1CN1CCC[C@H]1c1ccc(F)cc1. The number of likely N-dealkylation sites (tertiary alicyclic amines) is 1. The van der Waals surface area contributed by atoms with Crippen LogP contribution in [0.4, 0.5) is 4.39 Å². The molecular weight excluding hydrogens is 415 g/mol. The first kappa shape index (κ1) is 21.3. The van der Waals surface area contributed by atoms with Gasteiger partial charge in [-0.25, -0.2) is 9.37 Å². The fourth-order valence-corrected chi connectivity index (χ4v) is 4.75. The van der Waals surface area contributed by atoms with Crippen LogP contribution in [0.5, 0.6) is 0 Å². The van der Waals surface area contributed by atoms with Crippen LogP contribution in [0.1, 0.15) is 46.2 Å². The molecule has 0 radical (unpaired) electrons. The lowest BCUT2D eigenvalue weighted by atomic mass is 10.0. The minimum Gasteiger partial charge on any atom is -0.336 e. The van der Waals surface area contributed by atoms with Gasteiger partial charge in [-0.15, -0.1) is 0 Å². The van der Waals surface area contributed by atoms with Crippen molar-refractivity contribution in [2.45, 2.75) is 32.0 Å². The summed E-state index contributed by atoms with van der Waals surface area (Å²) >= 11 is 0. The second kappa shape index (κ2) is 9.16. The van der Waals surface area contributed by atoms with Crippen molar-refractivity contribution in [3.05, 3.63) is 107 Å². The van der Waals surface area contributed by atoms with Crippen molar-refractivity contribution in [2.24, 2.45) is 0 Å². The molecule has 1 amide bonds. The van der Waals surface area contributed by atoms with Crippen molar-refractivity contribution >= 4 is 11.6 Å². The molecule has 1 aliphatic heterocycles. The quantitative estimate of drug-likeness (QED) is 0.418. The number of nitrogens with zero attached hydrogens (tertiary/aromatic N) is 4. The molecule has 0 N–H and O–H groups in total. The molecule has 33 heavy (non-hydrogen) atoms. The maximum Gasteiger partial charge on any atom is 0.274 e. The number of rotatable bonds is 6. The number of carbonyl (C=O) groups excluding carboxylic acids is 1. The van der Waals surface area contributed by atoms with E-state index in [1.807, 2.05) is 78.3 Å². The van der Waals surface area contributed by atoms with E-state index in [0.29, 0.717) is 18.8 Å². The number of imidazole rings is 1. The number of benzene rings is 2. The van der Waals surface area contributed by atoms with E-state index in [2.05, 4.69) is 4.90 Å². The first-order valence-electron chi connectivity index (χ1n) is 11.3. The lowest BCUT2D eigenvalue weighted by Gasteiger charge is -2.25. The fraction of sp³-hybridized carbons (Fsp3) is 0.259. The van der Waals surface area contributed by atoms with Crippen LogP contribution in [0.3, 0.4) is 0 Å². The number of hydrogen-bond donors (Lipinski definition) is 0. The summed E-state index contributed by atoms with van der Waals surface area (Å²) in [4.78, 5) is 22.3. The molecule has 0 bridgehead atoms. The maximum absolute atomic E-state index is 13.5. The van der Waals surface area contributed by atoms with Crippen LogP contribution in [-0.4, -0.2) is 38.7 Å². The van der Waals surface area contributed by atoms with Crippen LogP contribution in [0, 0.1) is 5.82 Å². The molecule has 0 unspecified atom stereocenters. The average Bonchev–Trinajstić information content (AvgIpc) is 3.45. The fourth-order valence-electron chi connectivity index (χ4n) is 4.75. The Kier molecular flexibility index (Phi) is 5.92. The summed E-state index contributed by atoms with van der Waals surface area (Å²) in [6.07, 6.45) is 4.05. The largest absolute Gasteiger partial charge is 0.336 e. The van der Waals surface area contributed by atoms with Gasteiger partial charge in [-0.1, -0.05) is 48.5 Å². The topological polar surface area (TPSA) is 40.9 Å². The number of halogens is 1. The smallest absolute Gasteiger partial charge is 0.274 e. The zero-order chi connectivity index (χ0) is 22.8. The third-order valence-corrected chi connectivity index (χ3v) is 6.41. The minimum absolute atomic E-state index is 0.0879. The van der Waals surface area contributed by atoms with Gasteiger partial charge in [0, 0.05) is 32.4 Å². The Balaban J connectivity index is 1.45. The molecule has 5 rings (SSSR count). The number of amides is 1. The van der Waals surface area contributed by atoms with E-state index in [-0.39, 0.29) is 17.8 Å². The highest BCUT2D eigenvalue weighted by molar-refractivity contribution is 5.94. The number of hydrogen-bond acceptors (Lipinski definition) is 3. The Bertz CT molecular complexity index is 1250. The molecule has 6 heteroatoms. The van der Waals surface area contributed by atoms with Gasteiger partial charge in [0.25, 0.3) is 5.91 Å². The highest BCUT2D eigenvalue weighted by Crippen LogP contribution is 2.34. The normalized spacial score (nSPS) is 16.4. The van der Waals surface area contributed by atoms with E-state index < -0.39 is 0 Å². The predicted molar refractivity (Wildman–Crippen MR) is 126 cm³/mol. The van der Waals surface area contributed by atoms with Gasteiger partial charge in [0.15, 0.2) is 5.69 Å². The third kappa shape index (κ3) is 4.39. The van der Waals surface area contributed by atoms with Gasteiger partial charge in [-0.3, -0.25) is 9.69 Å². The number of pyridine rings is 1. The van der Waals surface area contributed by atoms with Crippen molar-refractivity contribution in [1.29, 1.82) is 0 Å². The standard InChI is InChI=1S/C27H27FN4O/c1-30(18-20-8-3-2-4-9-20)27(33)26-24(32-17-6-5-11-25(32)29-26)19-31-16-7-10-23(31)21-12-14-22(28)15-13-21/h2-6,8-9,11-15,17,23H,7,10,16,18-19H2,1H3/t23-/m0/s1. The monoisotopic (exact) mass is 442 g/mol. The zero-order valence-electron chi connectivity index (χ0n) is 18.7. The van der Waals surface area contributed by atoms with E-state index in [9.17, 15) is 9.18 Å². The van der Waals surface area contributed by atoms with E-state index >= 15 is 0 Å². The van der Waals surface area contributed by atoms with E-state index in [0.717, 1.165) is 41.9 Å². The van der Waals surface area contributed by atoms with Gasteiger partial charge in [0.2, 0.25) is 0 Å². The van der Waals surface area contributed by atoms with Crippen LogP contribution in [0.2, 0.25) is 0 Å². The summed E-state index contributed by atoms with van der Waals surface area (Å²) in [6.45, 7) is 2.05. The van der Waals surface area contributed by atoms with E-state index in [1.165, 1.54) is 12.1 Å². The molecule has 4 aromatic rings. The van der Waals surface area contributed by atoms with Crippen LogP contribution in [-0.2, 0) is 13.1 Å². The second-order valence-corrected chi connectivity index (χ2v) is 8.66. The van der Waals surface area contributed by atoms with Gasteiger partial charge in [-0.05, 0) is 54.8 Å². The molecule has 0 aliphatic carbocycles. The highest BCUT2D eigenvalue weighted by atomic mass is 19.1. The molecule has 2 aromatic heterocycles. The summed E-state index contributed by atoms with van der Waals surface area (Å²) < 4.78 is 15.5. The third-order valence-electron chi connectivity index (χ3n) is 6.41. The molecule has 2 aromatic carbocycles. The molecule has 1 fully saturated rings. The van der Waals surface area contributed by atoms with Crippen LogP contribution in [0.15, 0.2) is 79.0 Å². The molecule has 168 valence electrons.